The predicted molar refractivity (Wildman–Crippen MR) is 75.7 cm³/mol. The van der Waals surface area contributed by atoms with E-state index in [0.29, 0.717) is 18.4 Å². The van der Waals surface area contributed by atoms with E-state index < -0.39 is 18.0 Å². The maximum atomic E-state index is 12.8. The number of aliphatic hydroxyl groups excluding tert-OH is 1. The predicted octanol–water partition coefficient (Wildman–Crippen LogP) is 3.16. The molecule has 1 amide bonds. The second kappa shape index (κ2) is 7.13. The van der Waals surface area contributed by atoms with E-state index >= 15 is 0 Å². The number of alkyl halides is 3. The lowest BCUT2D eigenvalue weighted by molar-refractivity contribution is -0.186. The summed E-state index contributed by atoms with van der Waals surface area (Å²) in [5.74, 6) is -2.29. The lowest BCUT2D eigenvalue weighted by Crippen LogP contribution is -2.37. The summed E-state index contributed by atoms with van der Waals surface area (Å²) >= 11 is 0. The molecule has 0 aliphatic heterocycles. The fourth-order valence-corrected chi connectivity index (χ4v) is 2.94. The fraction of sp³-hybridized carbons (Fsp3) is 0.562. The van der Waals surface area contributed by atoms with Gasteiger partial charge in [0.15, 0.2) is 0 Å². The van der Waals surface area contributed by atoms with Crippen molar-refractivity contribution in [2.24, 2.45) is 11.8 Å². The van der Waals surface area contributed by atoms with Crippen molar-refractivity contribution in [1.29, 1.82) is 0 Å². The Morgan fingerprint density at radius 1 is 1.23 bits per heavy atom. The summed E-state index contributed by atoms with van der Waals surface area (Å²) in [4.78, 5) is 12.1. The van der Waals surface area contributed by atoms with Crippen molar-refractivity contribution in [3.05, 3.63) is 35.4 Å². The van der Waals surface area contributed by atoms with Crippen molar-refractivity contribution in [2.75, 3.05) is 0 Å². The van der Waals surface area contributed by atoms with Crippen LogP contribution in [0.4, 0.5) is 13.2 Å². The third-order valence-electron chi connectivity index (χ3n) is 4.25. The van der Waals surface area contributed by atoms with Crippen molar-refractivity contribution < 1.29 is 23.1 Å². The molecular weight excluding hydrogens is 295 g/mol. The van der Waals surface area contributed by atoms with Gasteiger partial charge in [-0.15, -0.1) is 0 Å². The van der Waals surface area contributed by atoms with E-state index in [0.717, 1.165) is 5.56 Å². The molecule has 1 aromatic rings. The normalized spacial score (nSPS) is 22.4. The third-order valence-corrected chi connectivity index (χ3v) is 4.25. The lowest BCUT2D eigenvalue weighted by Gasteiger charge is -2.29. The molecule has 2 N–H and O–H groups in total. The Morgan fingerprint density at radius 3 is 2.55 bits per heavy atom. The minimum absolute atomic E-state index is 0.112. The number of rotatable bonds is 4. The molecule has 2 rings (SSSR count). The van der Waals surface area contributed by atoms with Gasteiger partial charge < -0.3 is 10.4 Å². The highest BCUT2D eigenvalue weighted by Gasteiger charge is 2.43. The van der Waals surface area contributed by atoms with E-state index in [1.165, 1.54) is 0 Å². The van der Waals surface area contributed by atoms with Gasteiger partial charge in [0.2, 0.25) is 5.91 Å². The summed E-state index contributed by atoms with van der Waals surface area (Å²) in [7, 11) is 0. The van der Waals surface area contributed by atoms with Gasteiger partial charge in [-0.1, -0.05) is 30.7 Å². The van der Waals surface area contributed by atoms with Crippen LogP contribution in [0.5, 0.6) is 0 Å². The first kappa shape index (κ1) is 16.8. The van der Waals surface area contributed by atoms with Crippen LogP contribution >= 0.6 is 0 Å². The topological polar surface area (TPSA) is 49.3 Å². The minimum atomic E-state index is -4.22. The molecule has 22 heavy (non-hydrogen) atoms. The largest absolute Gasteiger partial charge is 0.392 e. The maximum Gasteiger partial charge on any atom is 0.391 e. The van der Waals surface area contributed by atoms with Crippen LogP contribution < -0.4 is 5.32 Å². The number of carbonyl (C=O) groups is 1. The van der Waals surface area contributed by atoms with Gasteiger partial charge in [-0.3, -0.25) is 4.79 Å². The zero-order valence-electron chi connectivity index (χ0n) is 12.2. The fourth-order valence-electron chi connectivity index (χ4n) is 2.94. The van der Waals surface area contributed by atoms with Gasteiger partial charge in [-0.05, 0) is 30.4 Å². The molecule has 1 aromatic carbocycles. The molecule has 0 heterocycles. The number of halogens is 3. The zero-order chi connectivity index (χ0) is 16.2. The summed E-state index contributed by atoms with van der Waals surface area (Å²) in [5.41, 5.74) is 1.49. The first-order chi connectivity index (χ1) is 10.4. The molecule has 0 spiro atoms. The molecule has 1 saturated carbocycles. The summed E-state index contributed by atoms with van der Waals surface area (Å²) in [5, 5.41) is 11.9. The maximum absolute atomic E-state index is 12.8. The number of hydrogen-bond donors (Lipinski definition) is 2. The molecule has 6 heteroatoms. The van der Waals surface area contributed by atoms with E-state index in [1.54, 1.807) is 24.3 Å². The van der Waals surface area contributed by atoms with Gasteiger partial charge in [0.1, 0.15) is 0 Å². The van der Waals surface area contributed by atoms with Gasteiger partial charge in [-0.25, -0.2) is 0 Å². The molecule has 2 unspecified atom stereocenters. The monoisotopic (exact) mass is 315 g/mol. The molecule has 1 aliphatic carbocycles. The van der Waals surface area contributed by atoms with Crippen LogP contribution in [0.2, 0.25) is 0 Å². The Labute approximate surface area is 127 Å². The lowest BCUT2D eigenvalue weighted by atomic mass is 9.80. The van der Waals surface area contributed by atoms with Crippen molar-refractivity contribution in [3.63, 3.8) is 0 Å². The van der Waals surface area contributed by atoms with E-state index in [-0.39, 0.29) is 31.9 Å². The summed E-state index contributed by atoms with van der Waals surface area (Å²) in [6.07, 6.45) is -3.31. The number of nitrogens with one attached hydrogen (secondary N) is 1. The van der Waals surface area contributed by atoms with Crippen molar-refractivity contribution in [1.82, 2.24) is 5.32 Å². The highest BCUT2D eigenvalue weighted by molar-refractivity contribution is 5.78. The van der Waals surface area contributed by atoms with Gasteiger partial charge in [0.05, 0.1) is 12.5 Å². The van der Waals surface area contributed by atoms with Crippen LogP contribution in [0.25, 0.3) is 0 Å². The zero-order valence-corrected chi connectivity index (χ0v) is 12.2. The second-order valence-corrected chi connectivity index (χ2v) is 5.75. The highest BCUT2D eigenvalue weighted by atomic mass is 19.4. The SMILES string of the molecule is O=C(NCc1ccccc1CO)C1CCCC(C(F)(F)F)C1. The highest BCUT2D eigenvalue weighted by Crippen LogP contribution is 2.39. The number of benzene rings is 1. The summed E-state index contributed by atoms with van der Waals surface area (Å²) in [6.45, 7) is 0.0916. The first-order valence-electron chi connectivity index (χ1n) is 7.44. The molecule has 122 valence electrons. The van der Waals surface area contributed by atoms with Crippen LogP contribution in [-0.2, 0) is 17.9 Å². The molecule has 1 aliphatic rings. The first-order valence-corrected chi connectivity index (χ1v) is 7.44. The average Bonchev–Trinajstić information content (AvgIpc) is 2.52. The standard InChI is InChI=1S/C16H20F3NO2/c17-16(18,19)14-7-3-6-11(8-14)15(22)20-9-12-4-1-2-5-13(12)10-21/h1-2,4-5,11,14,21H,3,6-10H2,(H,20,22). The quantitative estimate of drug-likeness (QED) is 0.896. The number of amides is 1. The Bertz CT molecular complexity index is 516. The van der Waals surface area contributed by atoms with Gasteiger partial charge in [0.25, 0.3) is 0 Å². The summed E-state index contributed by atoms with van der Waals surface area (Å²) < 4.78 is 38.3. The molecule has 0 aromatic heterocycles. The molecule has 2 atom stereocenters. The molecule has 0 saturated heterocycles. The van der Waals surface area contributed by atoms with Crippen molar-refractivity contribution in [2.45, 2.75) is 45.0 Å². The van der Waals surface area contributed by atoms with Crippen LogP contribution in [0.1, 0.15) is 36.8 Å². The van der Waals surface area contributed by atoms with E-state index in [2.05, 4.69) is 5.32 Å². The Kier molecular flexibility index (Phi) is 5.45. The Hall–Kier alpha value is -1.56. The molecular formula is C16H20F3NO2. The van der Waals surface area contributed by atoms with Gasteiger partial charge in [0, 0.05) is 12.5 Å². The number of aliphatic hydroxyl groups is 1. The molecule has 0 radical (unpaired) electrons. The third kappa shape index (κ3) is 4.22. The van der Waals surface area contributed by atoms with Crippen LogP contribution in [0.15, 0.2) is 24.3 Å². The van der Waals surface area contributed by atoms with Gasteiger partial charge >= 0.3 is 6.18 Å². The smallest absolute Gasteiger partial charge is 0.391 e. The molecule has 3 nitrogen and oxygen atoms in total. The van der Waals surface area contributed by atoms with E-state index in [4.69, 9.17) is 0 Å². The van der Waals surface area contributed by atoms with E-state index in [9.17, 15) is 23.1 Å². The van der Waals surface area contributed by atoms with Crippen LogP contribution in [0.3, 0.4) is 0 Å². The van der Waals surface area contributed by atoms with Gasteiger partial charge in [-0.2, -0.15) is 13.2 Å². The molecule has 0 bridgehead atoms. The Morgan fingerprint density at radius 2 is 1.91 bits per heavy atom. The Balaban J connectivity index is 1.92. The second-order valence-electron chi connectivity index (χ2n) is 5.75. The average molecular weight is 315 g/mol. The van der Waals surface area contributed by atoms with Crippen molar-refractivity contribution >= 4 is 5.91 Å². The number of hydrogen-bond acceptors (Lipinski definition) is 2. The van der Waals surface area contributed by atoms with E-state index in [1.807, 2.05) is 0 Å². The van der Waals surface area contributed by atoms with Crippen molar-refractivity contribution in [3.8, 4) is 0 Å². The minimum Gasteiger partial charge on any atom is -0.392 e. The number of carbonyl (C=O) groups excluding carboxylic acids is 1. The van der Waals surface area contributed by atoms with Crippen LogP contribution in [0, 0.1) is 11.8 Å². The summed E-state index contributed by atoms with van der Waals surface area (Å²) in [6, 6.07) is 7.11. The van der Waals surface area contributed by atoms with Crippen LogP contribution in [-0.4, -0.2) is 17.2 Å². The molecule has 1 fully saturated rings.